The van der Waals surface area contributed by atoms with Crippen LogP contribution in [-0.2, 0) is 0 Å². The molecule has 0 radical (unpaired) electrons. The zero-order valence-electron chi connectivity index (χ0n) is 9.65. The van der Waals surface area contributed by atoms with Gasteiger partial charge in [-0.1, -0.05) is 6.92 Å². The molecule has 0 bridgehead atoms. The van der Waals surface area contributed by atoms with Gasteiger partial charge in [-0.3, -0.25) is 9.69 Å². The van der Waals surface area contributed by atoms with Gasteiger partial charge < -0.3 is 9.88 Å². The summed E-state index contributed by atoms with van der Waals surface area (Å²) < 4.78 is 0. The van der Waals surface area contributed by atoms with Crippen LogP contribution in [0.1, 0.15) is 13.3 Å². The number of rotatable bonds is 3. The SMILES string of the molecule is CCCN1CCN(c2cc(=O)[nH]cn2)CC1. The van der Waals surface area contributed by atoms with Crippen molar-refractivity contribution in [1.29, 1.82) is 0 Å². The van der Waals surface area contributed by atoms with Gasteiger partial charge in [0.1, 0.15) is 5.82 Å². The van der Waals surface area contributed by atoms with E-state index in [1.165, 1.54) is 12.7 Å². The Labute approximate surface area is 95.1 Å². The molecule has 16 heavy (non-hydrogen) atoms. The Hall–Kier alpha value is -1.36. The Morgan fingerprint density at radius 1 is 1.38 bits per heavy atom. The van der Waals surface area contributed by atoms with E-state index < -0.39 is 0 Å². The lowest BCUT2D eigenvalue weighted by Gasteiger charge is -2.35. The summed E-state index contributed by atoms with van der Waals surface area (Å²) >= 11 is 0. The maximum atomic E-state index is 11.2. The zero-order chi connectivity index (χ0) is 11.4. The van der Waals surface area contributed by atoms with Gasteiger partial charge in [-0.25, -0.2) is 4.98 Å². The summed E-state index contributed by atoms with van der Waals surface area (Å²) in [4.78, 5) is 22.5. The summed E-state index contributed by atoms with van der Waals surface area (Å²) in [6.45, 7) is 7.39. The third kappa shape index (κ3) is 2.61. The lowest BCUT2D eigenvalue weighted by molar-refractivity contribution is 0.258. The highest BCUT2D eigenvalue weighted by Crippen LogP contribution is 2.10. The van der Waals surface area contributed by atoms with Crippen molar-refractivity contribution in [1.82, 2.24) is 14.9 Å². The molecule has 88 valence electrons. The van der Waals surface area contributed by atoms with Gasteiger partial charge >= 0.3 is 0 Å². The summed E-state index contributed by atoms with van der Waals surface area (Å²) in [5, 5.41) is 0. The van der Waals surface area contributed by atoms with E-state index in [9.17, 15) is 4.79 Å². The van der Waals surface area contributed by atoms with Crippen LogP contribution in [0.4, 0.5) is 5.82 Å². The maximum absolute atomic E-state index is 11.2. The van der Waals surface area contributed by atoms with Crippen LogP contribution in [0.15, 0.2) is 17.2 Å². The fourth-order valence-electron chi connectivity index (χ4n) is 2.05. The Morgan fingerprint density at radius 3 is 2.75 bits per heavy atom. The maximum Gasteiger partial charge on any atom is 0.252 e. The van der Waals surface area contributed by atoms with Crippen molar-refractivity contribution in [2.75, 3.05) is 37.6 Å². The topological polar surface area (TPSA) is 52.2 Å². The summed E-state index contributed by atoms with van der Waals surface area (Å²) in [7, 11) is 0. The molecule has 0 amide bonds. The van der Waals surface area contributed by atoms with E-state index in [0.717, 1.165) is 38.5 Å². The van der Waals surface area contributed by atoms with Crippen LogP contribution in [0.3, 0.4) is 0 Å². The number of anilines is 1. The Kier molecular flexibility index (Phi) is 3.56. The normalized spacial score (nSPS) is 17.7. The highest BCUT2D eigenvalue weighted by molar-refractivity contribution is 5.36. The Balaban J connectivity index is 1.96. The van der Waals surface area contributed by atoms with Crippen molar-refractivity contribution < 1.29 is 0 Å². The molecule has 2 rings (SSSR count). The van der Waals surface area contributed by atoms with E-state index >= 15 is 0 Å². The second-order valence-corrected chi connectivity index (χ2v) is 4.10. The predicted octanol–water partition coefficient (Wildman–Crippen LogP) is 0.302. The number of hydrogen-bond acceptors (Lipinski definition) is 4. The molecule has 0 saturated carbocycles. The minimum Gasteiger partial charge on any atom is -0.354 e. The number of aromatic amines is 1. The number of hydrogen-bond donors (Lipinski definition) is 1. The standard InChI is InChI=1S/C11H18N4O/c1-2-3-14-4-6-15(7-5-14)10-8-11(16)13-9-12-10/h8-9H,2-7H2,1H3,(H,12,13,16). The molecule has 1 aliphatic rings. The van der Waals surface area contributed by atoms with Gasteiger partial charge in [-0.05, 0) is 13.0 Å². The summed E-state index contributed by atoms with van der Waals surface area (Å²) in [5.74, 6) is 0.792. The van der Waals surface area contributed by atoms with Crippen molar-refractivity contribution in [3.8, 4) is 0 Å². The Morgan fingerprint density at radius 2 is 2.12 bits per heavy atom. The number of piperazine rings is 1. The van der Waals surface area contributed by atoms with Gasteiger partial charge in [-0.2, -0.15) is 0 Å². The lowest BCUT2D eigenvalue weighted by atomic mass is 10.3. The van der Waals surface area contributed by atoms with Crippen molar-refractivity contribution in [2.24, 2.45) is 0 Å². The lowest BCUT2D eigenvalue weighted by Crippen LogP contribution is -2.47. The van der Waals surface area contributed by atoms with Gasteiger partial charge in [-0.15, -0.1) is 0 Å². The van der Waals surface area contributed by atoms with E-state index in [1.807, 2.05) is 0 Å². The second-order valence-electron chi connectivity index (χ2n) is 4.10. The smallest absolute Gasteiger partial charge is 0.252 e. The molecule has 0 unspecified atom stereocenters. The molecular weight excluding hydrogens is 204 g/mol. The molecule has 5 heteroatoms. The molecule has 0 atom stereocenters. The second kappa shape index (κ2) is 5.12. The minimum absolute atomic E-state index is 0.0824. The first-order valence-corrected chi connectivity index (χ1v) is 5.81. The van der Waals surface area contributed by atoms with E-state index in [2.05, 4.69) is 26.7 Å². The van der Waals surface area contributed by atoms with Crippen molar-refractivity contribution in [3.05, 3.63) is 22.7 Å². The molecule has 5 nitrogen and oxygen atoms in total. The highest BCUT2D eigenvalue weighted by atomic mass is 16.1. The third-order valence-electron chi connectivity index (χ3n) is 2.90. The number of aromatic nitrogens is 2. The van der Waals surface area contributed by atoms with Crippen molar-refractivity contribution in [3.63, 3.8) is 0 Å². The zero-order valence-corrected chi connectivity index (χ0v) is 9.65. The van der Waals surface area contributed by atoms with Crippen LogP contribution in [0, 0.1) is 0 Å². The molecule has 1 N–H and O–H groups in total. The average molecular weight is 222 g/mol. The minimum atomic E-state index is -0.0824. The van der Waals surface area contributed by atoms with Crippen molar-refractivity contribution in [2.45, 2.75) is 13.3 Å². The number of nitrogens with one attached hydrogen (secondary N) is 1. The first-order chi connectivity index (χ1) is 7.79. The quantitative estimate of drug-likeness (QED) is 0.799. The average Bonchev–Trinajstić information content (AvgIpc) is 2.30. The van der Waals surface area contributed by atoms with Crippen LogP contribution in [0.5, 0.6) is 0 Å². The largest absolute Gasteiger partial charge is 0.354 e. The molecule has 2 heterocycles. The van der Waals surface area contributed by atoms with Crippen LogP contribution < -0.4 is 10.5 Å². The van der Waals surface area contributed by atoms with Crippen LogP contribution in [0.25, 0.3) is 0 Å². The highest BCUT2D eigenvalue weighted by Gasteiger charge is 2.17. The van der Waals surface area contributed by atoms with E-state index in [1.54, 1.807) is 6.07 Å². The monoisotopic (exact) mass is 222 g/mol. The Bertz CT molecular complexity index is 382. The molecule has 0 spiro atoms. The van der Waals surface area contributed by atoms with Gasteiger partial charge in [0.25, 0.3) is 5.56 Å². The predicted molar refractivity (Wildman–Crippen MR) is 63.8 cm³/mol. The molecular formula is C11H18N4O. The fraction of sp³-hybridized carbons (Fsp3) is 0.636. The van der Waals surface area contributed by atoms with E-state index in [0.29, 0.717) is 0 Å². The van der Waals surface area contributed by atoms with Gasteiger partial charge in [0.15, 0.2) is 0 Å². The molecule has 1 aromatic rings. The summed E-state index contributed by atoms with van der Waals surface area (Å²) in [6.07, 6.45) is 2.67. The first kappa shape index (κ1) is 11.1. The molecule has 0 aliphatic carbocycles. The first-order valence-electron chi connectivity index (χ1n) is 5.81. The van der Waals surface area contributed by atoms with E-state index in [-0.39, 0.29) is 5.56 Å². The van der Waals surface area contributed by atoms with Crippen LogP contribution in [-0.4, -0.2) is 47.6 Å². The number of nitrogens with zero attached hydrogens (tertiary/aromatic N) is 3. The van der Waals surface area contributed by atoms with Gasteiger partial charge in [0.05, 0.1) is 6.33 Å². The molecule has 1 aromatic heterocycles. The van der Waals surface area contributed by atoms with Crippen LogP contribution >= 0.6 is 0 Å². The van der Waals surface area contributed by atoms with E-state index in [4.69, 9.17) is 0 Å². The van der Waals surface area contributed by atoms with Crippen molar-refractivity contribution >= 4 is 5.82 Å². The third-order valence-corrected chi connectivity index (χ3v) is 2.90. The molecule has 1 saturated heterocycles. The van der Waals surface area contributed by atoms with Gasteiger partial charge in [0.2, 0.25) is 0 Å². The van der Waals surface area contributed by atoms with Gasteiger partial charge in [0, 0.05) is 32.2 Å². The molecule has 1 fully saturated rings. The summed E-state index contributed by atoms with van der Waals surface area (Å²) in [6, 6.07) is 1.56. The molecule has 0 aromatic carbocycles. The molecule has 1 aliphatic heterocycles. The number of H-pyrrole nitrogens is 1. The van der Waals surface area contributed by atoms with Crippen LogP contribution in [0.2, 0.25) is 0 Å². The summed E-state index contributed by atoms with van der Waals surface area (Å²) in [5.41, 5.74) is -0.0824. The fourth-order valence-corrected chi connectivity index (χ4v) is 2.05.